The molecule has 1 amide bonds. The van der Waals surface area contributed by atoms with Crippen molar-refractivity contribution in [2.75, 3.05) is 26.4 Å². The Hall–Kier alpha value is -4.33. The molecule has 0 aromatic carbocycles. The van der Waals surface area contributed by atoms with Crippen LogP contribution in [-0.2, 0) is 33.2 Å². The highest BCUT2D eigenvalue weighted by atomic mass is 16.8. The van der Waals surface area contributed by atoms with E-state index >= 15 is 0 Å². The average molecular weight is 1390 g/mol. The molecule has 564 valence electrons. The number of amides is 1. The van der Waals surface area contributed by atoms with Crippen molar-refractivity contribution in [1.29, 1.82) is 0 Å². The van der Waals surface area contributed by atoms with Gasteiger partial charge in [0.1, 0.15) is 73.2 Å². The number of hydrogen-bond donors (Lipinski definition) is 12. The summed E-state index contributed by atoms with van der Waals surface area (Å²) in [4.78, 5) is 13.4. The summed E-state index contributed by atoms with van der Waals surface area (Å²) in [6.07, 6.45) is 58.2. The second-order valence-electron chi connectivity index (χ2n) is 26.0. The predicted molar refractivity (Wildman–Crippen MR) is 392 cm³/mol. The second-order valence-corrected chi connectivity index (χ2v) is 26.0. The summed E-state index contributed by atoms with van der Waals surface area (Å²) in [5, 5.41) is 121. The smallest absolute Gasteiger partial charge is 0.220 e. The van der Waals surface area contributed by atoms with Gasteiger partial charge >= 0.3 is 0 Å². The molecule has 3 saturated heterocycles. The summed E-state index contributed by atoms with van der Waals surface area (Å²) < 4.78 is 34.3. The van der Waals surface area contributed by atoms with E-state index in [-0.39, 0.29) is 12.3 Å². The lowest BCUT2D eigenvalue weighted by molar-refractivity contribution is -0.379. The third-order valence-corrected chi connectivity index (χ3v) is 17.6. The lowest BCUT2D eigenvalue weighted by Gasteiger charge is -2.48. The van der Waals surface area contributed by atoms with E-state index in [1.165, 1.54) is 70.6 Å². The summed E-state index contributed by atoms with van der Waals surface area (Å²) in [6.45, 7) is 1.56. The summed E-state index contributed by atoms with van der Waals surface area (Å²) in [7, 11) is 0. The molecule has 3 fully saturated rings. The Labute approximate surface area is 593 Å². The first-order valence-electron chi connectivity index (χ1n) is 37.6. The lowest BCUT2D eigenvalue weighted by atomic mass is 9.96. The van der Waals surface area contributed by atoms with Crippen LogP contribution in [0.1, 0.15) is 219 Å². The number of hydrogen-bond acceptors (Lipinski definition) is 18. The molecule has 19 heteroatoms. The molecule has 0 aromatic rings. The molecule has 99 heavy (non-hydrogen) atoms. The zero-order chi connectivity index (χ0) is 71.8. The molecular weight excluding hydrogens is 1260 g/mol. The van der Waals surface area contributed by atoms with Gasteiger partial charge in [-0.2, -0.15) is 0 Å². The fourth-order valence-electron chi connectivity index (χ4n) is 11.6. The highest BCUT2D eigenvalue weighted by Gasteiger charge is 2.53. The first-order valence-corrected chi connectivity index (χ1v) is 37.6. The highest BCUT2D eigenvalue weighted by Crippen LogP contribution is 2.33. The number of rotatable bonds is 56. The van der Waals surface area contributed by atoms with Gasteiger partial charge in [0, 0.05) is 6.42 Å². The molecule has 12 N–H and O–H groups in total. The van der Waals surface area contributed by atoms with Gasteiger partial charge in [-0.1, -0.05) is 243 Å². The predicted octanol–water partition coefficient (Wildman–Crippen LogP) is 11.5. The Morgan fingerprint density at radius 2 is 0.707 bits per heavy atom. The summed E-state index contributed by atoms with van der Waals surface area (Å²) in [5.41, 5.74) is 0. The van der Waals surface area contributed by atoms with Crippen LogP contribution in [0.25, 0.3) is 0 Å². The molecule has 17 atom stereocenters. The number of carbonyl (C=O) groups excluding carboxylic acids is 1. The van der Waals surface area contributed by atoms with Crippen LogP contribution < -0.4 is 5.32 Å². The Morgan fingerprint density at radius 1 is 0.374 bits per heavy atom. The fraction of sp³-hybridized carbons (Fsp3) is 0.688. The maximum atomic E-state index is 13.4. The van der Waals surface area contributed by atoms with Crippen molar-refractivity contribution < 1.29 is 89.4 Å². The van der Waals surface area contributed by atoms with Crippen molar-refractivity contribution in [3.8, 4) is 0 Å². The van der Waals surface area contributed by atoms with Gasteiger partial charge in [0.2, 0.25) is 5.91 Å². The molecule has 17 unspecified atom stereocenters. The van der Waals surface area contributed by atoms with E-state index in [0.717, 1.165) is 116 Å². The standard InChI is InChI=1S/C80H131NO18/c1-3-5-7-9-11-13-15-17-19-21-23-25-26-27-28-29-30-31-32-33-34-35-36-38-40-42-44-46-48-50-52-54-56-58-68(86)81-63(64(85)57-55-53-51-49-47-45-43-41-39-37-24-22-20-18-16-14-12-10-8-6-4-2)62-94-78-74(92)71(89)76(66(60-83)96-78)99-80-75(93)72(90)77(67(61-84)97-80)98-79-73(91)70(88)69(87)65(59-82)95-79/h5,7,11,13,17,19,23,25,27-28,30-31,33-34,36,38-39,41-42,44,47,49,55,57,63-67,69-80,82-85,87-93H,3-4,6,8-10,12,14-16,18,20-22,24,26,29,32,35,37,40,43,45-46,48,50-54,56,58-62H2,1-2H3,(H,81,86)/b7-5-,13-11-,19-17-,25-23-,28-27-,31-30-,34-33-,38-36-,41-39+,44-42-,49-47+,57-55+. The van der Waals surface area contributed by atoms with Crippen LogP contribution in [0.3, 0.4) is 0 Å². The molecule has 3 heterocycles. The molecule has 0 saturated carbocycles. The zero-order valence-electron chi connectivity index (χ0n) is 59.9. The van der Waals surface area contributed by atoms with E-state index in [1.54, 1.807) is 6.08 Å². The summed E-state index contributed by atoms with van der Waals surface area (Å²) in [5.74, 6) is -0.315. The van der Waals surface area contributed by atoms with Gasteiger partial charge in [0.25, 0.3) is 0 Å². The van der Waals surface area contributed by atoms with E-state index in [2.05, 4.69) is 153 Å². The van der Waals surface area contributed by atoms with Crippen molar-refractivity contribution in [3.05, 3.63) is 146 Å². The van der Waals surface area contributed by atoms with Crippen molar-refractivity contribution >= 4 is 5.91 Å². The minimum Gasteiger partial charge on any atom is -0.394 e. The SMILES string of the molecule is CC/C=C\C/C=C\C/C=C\C/C=C\C/C=C\C/C=C\C/C=C\C/C=C\C/C=C\CCCCCCCC(=O)NC(COC1OC(CO)C(OC2OC(CO)C(OC3OC(CO)C(O)C(O)C3O)C(O)C2O)C(O)C1O)C(O)/C=C/CC/C=C/CC/C=C/CCCCCCCCCCCCC. The van der Waals surface area contributed by atoms with Gasteiger partial charge in [0.15, 0.2) is 18.9 Å². The van der Waals surface area contributed by atoms with Crippen LogP contribution in [-0.4, -0.2) is 193 Å². The number of nitrogens with one attached hydrogen (secondary N) is 1. The highest BCUT2D eigenvalue weighted by molar-refractivity contribution is 5.76. The monoisotopic (exact) mass is 1390 g/mol. The van der Waals surface area contributed by atoms with Crippen molar-refractivity contribution in [1.82, 2.24) is 5.32 Å². The van der Waals surface area contributed by atoms with Crippen LogP contribution in [0.2, 0.25) is 0 Å². The van der Waals surface area contributed by atoms with Gasteiger partial charge in [0.05, 0.1) is 38.6 Å². The zero-order valence-corrected chi connectivity index (χ0v) is 59.9. The van der Waals surface area contributed by atoms with Crippen LogP contribution >= 0.6 is 0 Å². The molecular formula is C80H131NO18. The van der Waals surface area contributed by atoms with Crippen molar-refractivity contribution in [3.63, 3.8) is 0 Å². The van der Waals surface area contributed by atoms with Gasteiger partial charge in [-0.05, 0) is 116 Å². The minimum atomic E-state index is -1.99. The number of aliphatic hydroxyl groups excluding tert-OH is 11. The maximum Gasteiger partial charge on any atom is 0.220 e. The molecule has 0 radical (unpaired) electrons. The Kier molecular flexibility index (Phi) is 53.1. The quantitative estimate of drug-likeness (QED) is 0.0199. The molecule has 0 spiro atoms. The van der Waals surface area contributed by atoms with Crippen LogP contribution in [0.15, 0.2) is 146 Å². The normalized spacial score (nSPS) is 27.5. The number of allylic oxidation sites excluding steroid dienone is 23. The third kappa shape index (κ3) is 39.8. The average Bonchev–Trinajstić information content (AvgIpc) is 0.761. The minimum absolute atomic E-state index is 0.199. The Bertz CT molecular complexity index is 2360. The lowest BCUT2D eigenvalue weighted by Crippen LogP contribution is -2.66. The largest absolute Gasteiger partial charge is 0.394 e. The topological polar surface area (TPSA) is 307 Å². The number of unbranched alkanes of at least 4 members (excludes halogenated alkanes) is 18. The van der Waals surface area contributed by atoms with Crippen molar-refractivity contribution in [2.24, 2.45) is 0 Å². The first-order chi connectivity index (χ1) is 48.3. The molecule has 3 aliphatic heterocycles. The molecule has 0 aromatic heterocycles. The first kappa shape index (κ1) is 88.9. The van der Waals surface area contributed by atoms with Gasteiger partial charge in [-0.15, -0.1) is 0 Å². The molecule has 3 aliphatic rings. The van der Waals surface area contributed by atoms with E-state index in [0.29, 0.717) is 12.8 Å². The molecule has 0 aliphatic carbocycles. The Morgan fingerprint density at radius 3 is 1.13 bits per heavy atom. The van der Waals surface area contributed by atoms with Crippen LogP contribution in [0.4, 0.5) is 0 Å². The van der Waals surface area contributed by atoms with Gasteiger partial charge in [-0.3, -0.25) is 4.79 Å². The number of aliphatic hydroxyl groups is 11. The van der Waals surface area contributed by atoms with Gasteiger partial charge in [-0.25, -0.2) is 0 Å². The van der Waals surface area contributed by atoms with Crippen LogP contribution in [0.5, 0.6) is 0 Å². The summed E-state index contributed by atoms with van der Waals surface area (Å²) in [6, 6.07) is -1.02. The van der Waals surface area contributed by atoms with E-state index in [4.69, 9.17) is 28.4 Å². The van der Waals surface area contributed by atoms with Crippen LogP contribution in [0, 0.1) is 0 Å². The second kappa shape index (κ2) is 59.1. The molecule has 3 rings (SSSR count). The Balaban J connectivity index is 1.43. The van der Waals surface area contributed by atoms with E-state index < -0.39 is 131 Å². The third-order valence-electron chi connectivity index (χ3n) is 17.6. The van der Waals surface area contributed by atoms with Gasteiger partial charge < -0.3 is 89.9 Å². The molecule has 0 bridgehead atoms. The van der Waals surface area contributed by atoms with Crippen molar-refractivity contribution in [2.45, 2.75) is 324 Å². The number of ether oxygens (including phenoxy) is 6. The fourth-order valence-corrected chi connectivity index (χ4v) is 11.6. The summed E-state index contributed by atoms with van der Waals surface area (Å²) >= 11 is 0. The maximum absolute atomic E-state index is 13.4. The molecule has 19 nitrogen and oxygen atoms in total. The van der Waals surface area contributed by atoms with E-state index in [1.807, 2.05) is 6.08 Å². The number of carbonyl (C=O) groups is 1. The van der Waals surface area contributed by atoms with E-state index in [9.17, 15) is 61.0 Å².